The van der Waals surface area contributed by atoms with E-state index in [-0.39, 0.29) is 18.4 Å². The number of nitrogens with one attached hydrogen (secondary N) is 2. The third-order valence-corrected chi connectivity index (χ3v) is 8.06. The number of aromatic hydroxyl groups is 2. The molecule has 0 amide bonds. The van der Waals surface area contributed by atoms with Gasteiger partial charge < -0.3 is 26.0 Å². The molecule has 5 N–H and O–H groups in total. The van der Waals surface area contributed by atoms with E-state index in [0.29, 0.717) is 60.6 Å². The number of aromatic nitrogens is 8. The number of aryl methyl sites for hydroxylation is 1. The first-order valence-electron chi connectivity index (χ1n) is 12.7. The molecule has 0 saturated heterocycles. The highest BCUT2D eigenvalue weighted by atomic mass is 35.5. The van der Waals surface area contributed by atoms with Crippen molar-refractivity contribution in [1.82, 2.24) is 39.9 Å². The molecule has 0 atom stereocenters. The first-order valence-corrected chi connectivity index (χ1v) is 15.1. The fourth-order valence-electron chi connectivity index (χ4n) is 3.45. The molecule has 0 aromatic carbocycles. The van der Waals surface area contributed by atoms with Crippen molar-refractivity contribution in [3.05, 3.63) is 81.2 Å². The summed E-state index contributed by atoms with van der Waals surface area (Å²) in [5.41, 5.74) is 2.65. The van der Waals surface area contributed by atoms with Gasteiger partial charge in [0.2, 0.25) is 23.7 Å². The molecule has 224 valence electrons. The Hall–Kier alpha value is -4.54. The van der Waals surface area contributed by atoms with Gasteiger partial charge in [0, 0.05) is 25.4 Å². The molecule has 6 aromatic heterocycles. The van der Waals surface area contributed by atoms with Gasteiger partial charge in [-0.25, -0.2) is 29.9 Å². The lowest BCUT2D eigenvalue weighted by molar-refractivity contribution is 0.298. The molecule has 0 unspecified atom stereocenters. The van der Waals surface area contributed by atoms with Crippen LogP contribution in [0.1, 0.15) is 9.75 Å². The second-order valence-corrected chi connectivity index (χ2v) is 11.7. The average Bonchev–Trinajstić information content (AvgIpc) is 3.57. The molecule has 6 heterocycles. The van der Waals surface area contributed by atoms with Crippen LogP contribution in [-0.2, 0) is 6.42 Å². The Morgan fingerprint density at radius 1 is 0.682 bits per heavy atom. The molecule has 0 spiro atoms. The molecule has 0 aliphatic heterocycles. The Morgan fingerprint density at radius 2 is 1.20 bits per heavy atom. The Bertz CT molecular complexity index is 1830. The number of aliphatic hydroxyl groups excluding tert-OH is 1. The molecule has 17 heteroatoms. The Kier molecular flexibility index (Phi) is 10.0. The summed E-state index contributed by atoms with van der Waals surface area (Å²) < 4.78 is 0. The van der Waals surface area contributed by atoms with Crippen molar-refractivity contribution >= 4 is 69.1 Å². The van der Waals surface area contributed by atoms with E-state index in [0.717, 1.165) is 10.6 Å². The highest BCUT2D eigenvalue weighted by Gasteiger charge is 2.14. The predicted molar refractivity (Wildman–Crippen MR) is 170 cm³/mol. The van der Waals surface area contributed by atoms with Gasteiger partial charge in [-0.1, -0.05) is 23.2 Å². The molecule has 0 fully saturated rings. The van der Waals surface area contributed by atoms with Gasteiger partial charge in [0.05, 0.1) is 33.5 Å². The number of hydrogen-bond acceptors (Lipinski definition) is 15. The van der Waals surface area contributed by atoms with E-state index in [1.165, 1.54) is 22.7 Å². The number of halogens is 2. The molecule has 0 aliphatic carbocycles. The topological polar surface area (TPSA) is 188 Å². The summed E-state index contributed by atoms with van der Waals surface area (Å²) in [7, 11) is 0. The maximum absolute atomic E-state index is 9.76. The minimum Gasteiger partial charge on any atom is -0.492 e. The second-order valence-electron chi connectivity index (χ2n) is 8.66. The van der Waals surface area contributed by atoms with E-state index in [9.17, 15) is 10.2 Å². The summed E-state index contributed by atoms with van der Waals surface area (Å²) in [6.07, 6.45) is 6.75. The third kappa shape index (κ3) is 8.09. The first kappa shape index (κ1) is 30.9. The van der Waals surface area contributed by atoms with Crippen LogP contribution in [0.25, 0.3) is 21.4 Å². The molecule has 6 rings (SSSR count). The Morgan fingerprint density at radius 3 is 1.66 bits per heavy atom. The molecular formula is C27H22Cl2N10O3S2. The van der Waals surface area contributed by atoms with E-state index in [1.54, 1.807) is 68.1 Å². The van der Waals surface area contributed by atoms with E-state index in [2.05, 4.69) is 50.5 Å². The van der Waals surface area contributed by atoms with Crippen molar-refractivity contribution in [2.45, 2.75) is 13.3 Å². The van der Waals surface area contributed by atoms with Crippen molar-refractivity contribution in [3.8, 4) is 33.2 Å². The van der Waals surface area contributed by atoms with Gasteiger partial charge in [0.25, 0.3) is 0 Å². The summed E-state index contributed by atoms with van der Waals surface area (Å²) in [4.78, 5) is 34.5. The zero-order chi connectivity index (χ0) is 31.1. The molecule has 6 aromatic rings. The minimum absolute atomic E-state index is 0.0324. The monoisotopic (exact) mass is 668 g/mol. The SMILES string of the molecule is Cc1sc(-c2ccnc(Nc3ccc(Cl)nc3)n2)nc1O.OCCc1sc(-c2ccnc(Nc3ccc(Cl)nc3)n2)nc1O. The second kappa shape index (κ2) is 14.3. The van der Waals surface area contributed by atoms with Gasteiger partial charge in [0.1, 0.15) is 31.7 Å². The average molecular weight is 670 g/mol. The summed E-state index contributed by atoms with van der Waals surface area (Å²) in [6, 6.07) is 10.3. The van der Waals surface area contributed by atoms with Crippen molar-refractivity contribution in [2.24, 2.45) is 0 Å². The van der Waals surface area contributed by atoms with Gasteiger partial charge in [-0.3, -0.25) is 0 Å². The van der Waals surface area contributed by atoms with E-state index in [4.69, 9.17) is 28.3 Å². The van der Waals surface area contributed by atoms with Gasteiger partial charge in [-0.05, 0) is 43.3 Å². The van der Waals surface area contributed by atoms with E-state index >= 15 is 0 Å². The van der Waals surface area contributed by atoms with Gasteiger partial charge in [-0.2, -0.15) is 9.97 Å². The zero-order valence-electron chi connectivity index (χ0n) is 22.7. The van der Waals surface area contributed by atoms with E-state index in [1.807, 2.05) is 0 Å². The van der Waals surface area contributed by atoms with Crippen LogP contribution in [0.2, 0.25) is 10.3 Å². The molecular weight excluding hydrogens is 647 g/mol. The van der Waals surface area contributed by atoms with Crippen molar-refractivity contribution in [3.63, 3.8) is 0 Å². The lowest BCUT2D eigenvalue weighted by atomic mass is 10.4. The number of anilines is 4. The number of pyridine rings is 2. The quantitative estimate of drug-likeness (QED) is 0.118. The molecule has 13 nitrogen and oxygen atoms in total. The van der Waals surface area contributed by atoms with Crippen LogP contribution in [0, 0.1) is 6.92 Å². The summed E-state index contributed by atoms with van der Waals surface area (Å²) in [6.45, 7) is 1.76. The van der Waals surface area contributed by atoms with Crippen LogP contribution in [0.3, 0.4) is 0 Å². The number of rotatable bonds is 8. The van der Waals surface area contributed by atoms with Crippen molar-refractivity contribution in [1.29, 1.82) is 0 Å². The van der Waals surface area contributed by atoms with Crippen LogP contribution in [0.5, 0.6) is 11.8 Å². The fourth-order valence-corrected chi connectivity index (χ4v) is 5.36. The highest BCUT2D eigenvalue weighted by molar-refractivity contribution is 7.15. The van der Waals surface area contributed by atoms with Crippen molar-refractivity contribution in [2.75, 3.05) is 17.2 Å². The van der Waals surface area contributed by atoms with Crippen molar-refractivity contribution < 1.29 is 15.3 Å². The Labute approximate surface area is 268 Å². The standard InChI is InChI=1S/C14H12ClN5O2S.C13H10ClN5OS/c15-11-2-1-8(7-17-11)18-14-16-5-3-9(19-14)13-20-12(22)10(23-13)4-6-21;1-7-11(20)19-12(21-7)9-4-5-15-13(18-9)17-8-2-3-10(14)16-6-8/h1-3,5,7,21-22H,4,6H2,(H,16,18,19);2-6,20H,1H3,(H,15,17,18). The van der Waals surface area contributed by atoms with Crippen LogP contribution in [-0.4, -0.2) is 61.8 Å². The smallest absolute Gasteiger partial charge is 0.227 e. The molecule has 0 aliphatic rings. The maximum Gasteiger partial charge on any atom is 0.227 e. The third-order valence-electron chi connectivity index (χ3n) is 5.50. The largest absolute Gasteiger partial charge is 0.492 e. The molecule has 0 bridgehead atoms. The number of hydrogen-bond donors (Lipinski definition) is 5. The minimum atomic E-state index is -0.0749. The zero-order valence-corrected chi connectivity index (χ0v) is 25.8. The van der Waals surface area contributed by atoms with Crippen LogP contribution in [0.4, 0.5) is 23.3 Å². The number of aliphatic hydroxyl groups is 1. The maximum atomic E-state index is 9.76. The molecule has 0 saturated carbocycles. The molecule has 0 radical (unpaired) electrons. The number of nitrogens with zero attached hydrogens (tertiary/aromatic N) is 8. The fraction of sp³-hybridized carbons (Fsp3) is 0.111. The summed E-state index contributed by atoms with van der Waals surface area (Å²) >= 11 is 14.1. The Balaban J connectivity index is 0.000000175. The lowest BCUT2D eigenvalue weighted by Gasteiger charge is -2.04. The summed E-state index contributed by atoms with van der Waals surface area (Å²) in [5, 5.41) is 36.4. The van der Waals surface area contributed by atoms with E-state index < -0.39 is 0 Å². The first-order chi connectivity index (χ1) is 21.3. The van der Waals surface area contributed by atoms with Crippen LogP contribution in [0.15, 0.2) is 61.2 Å². The van der Waals surface area contributed by atoms with Crippen LogP contribution >= 0.6 is 45.9 Å². The number of thiazole rings is 2. The van der Waals surface area contributed by atoms with Crippen LogP contribution < -0.4 is 10.6 Å². The highest BCUT2D eigenvalue weighted by Crippen LogP contribution is 2.32. The normalized spacial score (nSPS) is 10.6. The lowest BCUT2D eigenvalue weighted by Crippen LogP contribution is -1.98. The summed E-state index contributed by atoms with van der Waals surface area (Å²) in [5.74, 6) is 0.757. The van der Waals surface area contributed by atoms with Gasteiger partial charge in [-0.15, -0.1) is 22.7 Å². The van der Waals surface area contributed by atoms with Gasteiger partial charge >= 0.3 is 0 Å². The predicted octanol–water partition coefficient (Wildman–Crippen LogP) is 6.04. The molecule has 44 heavy (non-hydrogen) atoms. The van der Waals surface area contributed by atoms with Gasteiger partial charge in [0.15, 0.2) is 0 Å².